The molecule has 0 saturated heterocycles. The molecule has 35 heavy (non-hydrogen) atoms. The van der Waals surface area contributed by atoms with Crippen LogP contribution in [-0.4, -0.2) is 28.0 Å². The molecule has 0 aliphatic rings. The van der Waals surface area contributed by atoms with E-state index in [4.69, 9.17) is 21.1 Å². The van der Waals surface area contributed by atoms with Crippen LogP contribution in [0.4, 0.5) is 5.69 Å². The first kappa shape index (κ1) is 24.3. The maximum absolute atomic E-state index is 13.4. The maximum atomic E-state index is 13.4. The van der Waals surface area contributed by atoms with Gasteiger partial charge in [0.2, 0.25) is 0 Å². The van der Waals surface area contributed by atoms with Crippen LogP contribution in [0.5, 0.6) is 11.5 Å². The molecule has 0 aliphatic carbocycles. The Morgan fingerprint density at radius 3 is 1.94 bits per heavy atom. The summed E-state index contributed by atoms with van der Waals surface area (Å²) >= 11 is 5.91. The Hall–Kier alpha value is -3.81. The van der Waals surface area contributed by atoms with Crippen molar-refractivity contribution in [2.24, 2.45) is 0 Å². The molecule has 0 spiro atoms. The predicted molar refractivity (Wildman–Crippen MR) is 136 cm³/mol. The molecule has 0 unspecified atom stereocenters. The number of amides is 1. The summed E-state index contributed by atoms with van der Waals surface area (Å²) in [7, 11) is -2.73. The third-order valence-electron chi connectivity index (χ3n) is 5.21. The fraction of sp³-hybridized carbons (Fsp3) is 0.0741. The number of benzene rings is 4. The van der Waals surface area contributed by atoms with Crippen molar-refractivity contribution < 1.29 is 22.7 Å². The van der Waals surface area contributed by atoms with Gasteiger partial charge < -0.3 is 9.47 Å². The predicted octanol–water partition coefficient (Wildman–Crippen LogP) is 5.82. The summed E-state index contributed by atoms with van der Waals surface area (Å²) in [6.45, 7) is -0.483. The monoisotopic (exact) mass is 507 g/mol. The molecule has 178 valence electrons. The lowest BCUT2D eigenvalue weighted by atomic mass is 10.1. The molecule has 0 bridgehead atoms. The van der Waals surface area contributed by atoms with Crippen LogP contribution in [0.1, 0.15) is 0 Å². The van der Waals surface area contributed by atoms with Gasteiger partial charge in [0.1, 0.15) is 11.5 Å². The highest BCUT2D eigenvalue weighted by atomic mass is 35.5. The van der Waals surface area contributed by atoms with Crippen LogP contribution in [0.15, 0.2) is 108 Å². The summed E-state index contributed by atoms with van der Waals surface area (Å²) in [5.74, 6) is 0.216. The first-order chi connectivity index (χ1) is 16.9. The van der Waals surface area contributed by atoms with Crippen LogP contribution < -0.4 is 13.8 Å². The number of nitrogens with zero attached hydrogens (tertiary/aromatic N) is 1. The Morgan fingerprint density at radius 1 is 0.771 bits per heavy atom. The van der Waals surface area contributed by atoms with Crippen LogP contribution in [-0.2, 0) is 14.8 Å². The summed E-state index contributed by atoms with van der Waals surface area (Å²) in [6, 6.07) is 28.8. The SMILES string of the molecule is COc1ccc(N(C(=O)COc2ccc(-c3ccccc3)cc2)S(=O)(=O)c2ccc(Cl)cc2)cc1. The highest BCUT2D eigenvalue weighted by molar-refractivity contribution is 7.93. The molecule has 0 fully saturated rings. The zero-order chi connectivity index (χ0) is 24.8. The van der Waals surface area contributed by atoms with Gasteiger partial charge in [-0.2, -0.15) is 4.31 Å². The van der Waals surface area contributed by atoms with Gasteiger partial charge in [0.25, 0.3) is 15.9 Å². The van der Waals surface area contributed by atoms with Crippen molar-refractivity contribution in [1.29, 1.82) is 0 Å². The zero-order valence-corrected chi connectivity index (χ0v) is 20.4. The molecule has 0 aliphatic heterocycles. The maximum Gasteiger partial charge on any atom is 0.278 e. The van der Waals surface area contributed by atoms with Crippen molar-refractivity contribution in [3.05, 3.63) is 108 Å². The number of hydrogen-bond donors (Lipinski definition) is 0. The Morgan fingerprint density at radius 2 is 1.34 bits per heavy atom. The fourth-order valence-electron chi connectivity index (χ4n) is 3.42. The van der Waals surface area contributed by atoms with Crippen LogP contribution in [0, 0.1) is 0 Å². The minimum atomic E-state index is -4.23. The van der Waals surface area contributed by atoms with Crippen molar-refractivity contribution in [3.63, 3.8) is 0 Å². The molecule has 8 heteroatoms. The van der Waals surface area contributed by atoms with E-state index in [0.29, 0.717) is 16.5 Å². The van der Waals surface area contributed by atoms with Crippen molar-refractivity contribution in [2.45, 2.75) is 4.90 Å². The van der Waals surface area contributed by atoms with Gasteiger partial charge in [-0.05, 0) is 71.8 Å². The largest absolute Gasteiger partial charge is 0.497 e. The Kier molecular flexibility index (Phi) is 7.39. The van der Waals surface area contributed by atoms with Crippen molar-refractivity contribution in [3.8, 4) is 22.6 Å². The van der Waals surface area contributed by atoms with E-state index >= 15 is 0 Å². The van der Waals surface area contributed by atoms with Gasteiger partial charge in [-0.1, -0.05) is 54.1 Å². The first-order valence-electron chi connectivity index (χ1n) is 10.6. The number of halogens is 1. The van der Waals surface area contributed by atoms with E-state index < -0.39 is 22.5 Å². The van der Waals surface area contributed by atoms with Gasteiger partial charge in [-0.15, -0.1) is 0 Å². The quantitative estimate of drug-likeness (QED) is 0.300. The number of hydrogen-bond acceptors (Lipinski definition) is 5. The number of carbonyl (C=O) groups excluding carboxylic acids is 1. The van der Waals surface area contributed by atoms with Gasteiger partial charge in [0.05, 0.1) is 17.7 Å². The Balaban J connectivity index is 1.58. The van der Waals surface area contributed by atoms with Crippen molar-refractivity contribution >= 4 is 33.2 Å². The lowest BCUT2D eigenvalue weighted by molar-refractivity contribution is -0.119. The number of rotatable bonds is 8. The molecule has 4 rings (SSSR count). The molecule has 0 radical (unpaired) electrons. The molecule has 0 aromatic heterocycles. The van der Waals surface area contributed by atoms with Crippen molar-refractivity contribution in [1.82, 2.24) is 0 Å². The average molecular weight is 508 g/mol. The molecule has 4 aromatic rings. The van der Waals surface area contributed by atoms with Gasteiger partial charge in [0, 0.05) is 5.02 Å². The van der Waals surface area contributed by atoms with E-state index in [1.54, 1.807) is 24.3 Å². The van der Waals surface area contributed by atoms with E-state index in [2.05, 4.69) is 0 Å². The van der Waals surface area contributed by atoms with Gasteiger partial charge >= 0.3 is 0 Å². The number of ether oxygens (including phenoxy) is 2. The van der Waals surface area contributed by atoms with Gasteiger partial charge in [0.15, 0.2) is 6.61 Å². The highest BCUT2D eigenvalue weighted by Gasteiger charge is 2.31. The molecule has 1 amide bonds. The smallest absolute Gasteiger partial charge is 0.278 e. The summed E-state index contributed by atoms with van der Waals surface area (Å²) in [5, 5.41) is 0.383. The van der Waals surface area contributed by atoms with E-state index in [9.17, 15) is 13.2 Å². The number of sulfonamides is 1. The van der Waals surface area contributed by atoms with Crippen molar-refractivity contribution in [2.75, 3.05) is 18.0 Å². The minimum Gasteiger partial charge on any atom is -0.497 e. The molecule has 0 saturated carbocycles. The van der Waals surface area contributed by atoms with Gasteiger partial charge in [-0.25, -0.2) is 8.42 Å². The summed E-state index contributed by atoms with van der Waals surface area (Å²) in [6.07, 6.45) is 0. The molecular weight excluding hydrogens is 486 g/mol. The summed E-state index contributed by atoms with van der Waals surface area (Å²) in [4.78, 5) is 13.1. The standard InChI is InChI=1S/C27H22ClNO5S/c1-33-24-15-11-23(12-16-24)29(35(31,32)26-17-9-22(28)10-18-26)27(30)19-34-25-13-7-21(8-14-25)20-5-3-2-4-6-20/h2-18H,19H2,1H3. The summed E-state index contributed by atoms with van der Waals surface area (Å²) in [5.41, 5.74) is 2.21. The summed E-state index contributed by atoms with van der Waals surface area (Å²) < 4.78 is 38.4. The van der Waals surface area contributed by atoms with E-state index in [-0.39, 0.29) is 10.6 Å². The Labute approximate surface area is 209 Å². The van der Waals surface area contributed by atoms with E-state index in [1.165, 1.54) is 43.5 Å². The topological polar surface area (TPSA) is 72.9 Å². The van der Waals surface area contributed by atoms with E-state index in [1.807, 2.05) is 42.5 Å². The Bertz CT molecular complexity index is 1390. The second-order valence-corrected chi connectivity index (χ2v) is 9.72. The molecule has 0 N–H and O–H groups in total. The second kappa shape index (κ2) is 10.6. The van der Waals surface area contributed by atoms with Crippen LogP contribution in [0.3, 0.4) is 0 Å². The molecular formula is C27H22ClNO5S. The second-order valence-electron chi connectivity index (χ2n) is 7.49. The molecule has 4 aromatic carbocycles. The van der Waals surface area contributed by atoms with Gasteiger partial charge in [-0.3, -0.25) is 4.79 Å². The van der Waals surface area contributed by atoms with Crippen LogP contribution >= 0.6 is 11.6 Å². The first-order valence-corrected chi connectivity index (χ1v) is 12.5. The molecule has 0 heterocycles. The van der Waals surface area contributed by atoms with E-state index in [0.717, 1.165) is 15.4 Å². The fourth-order valence-corrected chi connectivity index (χ4v) is 4.96. The van der Waals surface area contributed by atoms with Crippen LogP contribution in [0.2, 0.25) is 5.02 Å². The number of carbonyl (C=O) groups is 1. The minimum absolute atomic E-state index is 0.0710. The highest BCUT2D eigenvalue weighted by Crippen LogP contribution is 2.28. The normalized spacial score (nSPS) is 11.0. The van der Waals surface area contributed by atoms with Crippen LogP contribution in [0.25, 0.3) is 11.1 Å². The molecule has 0 atom stereocenters. The number of anilines is 1. The average Bonchev–Trinajstić information content (AvgIpc) is 2.89. The zero-order valence-electron chi connectivity index (χ0n) is 18.8. The number of methoxy groups -OCH3 is 1. The third kappa shape index (κ3) is 5.65. The lowest BCUT2D eigenvalue weighted by Gasteiger charge is -2.23. The third-order valence-corrected chi connectivity index (χ3v) is 7.22. The lowest BCUT2D eigenvalue weighted by Crippen LogP contribution is -2.40. The molecule has 6 nitrogen and oxygen atoms in total.